The van der Waals surface area contributed by atoms with Gasteiger partial charge in [0.05, 0.1) is 7.11 Å². The zero-order valence-corrected chi connectivity index (χ0v) is 16.9. The second-order valence-electron chi connectivity index (χ2n) is 7.90. The molecule has 7 nitrogen and oxygen atoms in total. The smallest absolute Gasteiger partial charge is 0.247 e. The van der Waals surface area contributed by atoms with E-state index in [1.807, 2.05) is 48.5 Å². The van der Waals surface area contributed by atoms with Crippen LogP contribution in [0, 0.1) is 5.41 Å². The van der Waals surface area contributed by atoms with Crippen molar-refractivity contribution in [3.8, 4) is 16.9 Å². The van der Waals surface area contributed by atoms with Crippen LogP contribution in [0.2, 0.25) is 0 Å². The fraction of sp³-hybridized carbons (Fsp3) is 0.348. The van der Waals surface area contributed by atoms with Crippen LogP contribution < -0.4 is 15.8 Å². The Bertz CT molecular complexity index is 982. The van der Waals surface area contributed by atoms with Crippen LogP contribution in [0.4, 0.5) is 5.69 Å². The first kappa shape index (κ1) is 19.9. The van der Waals surface area contributed by atoms with E-state index in [1.54, 1.807) is 7.11 Å². The number of hydrogen-bond donors (Lipinski definition) is 2. The van der Waals surface area contributed by atoms with Gasteiger partial charge < -0.3 is 20.7 Å². The molecule has 30 heavy (non-hydrogen) atoms. The summed E-state index contributed by atoms with van der Waals surface area (Å²) in [6, 6.07) is 14.7. The van der Waals surface area contributed by atoms with Crippen molar-refractivity contribution >= 4 is 23.4 Å². The first-order chi connectivity index (χ1) is 14.4. The van der Waals surface area contributed by atoms with Gasteiger partial charge in [-0.05, 0) is 61.1 Å². The van der Waals surface area contributed by atoms with Crippen molar-refractivity contribution in [1.82, 2.24) is 4.90 Å². The van der Waals surface area contributed by atoms with Crippen LogP contribution >= 0.6 is 0 Å². The monoisotopic (exact) mass is 407 g/mol. The zero-order valence-electron chi connectivity index (χ0n) is 16.9. The van der Waals surface area contributed by atoms with Crippen molar-refractivity contribution in [2.24, 2.45) is 11.1 Å². The lowest BCUT2D eigenvalue weighted by molar-refractivity contribution is -0.146. The summed E-state index contributed by atoms with van der Waals surface area (Å²) in [5, 5.41) is 2.90. The van der Waals surface area contributed by atoms with E-state index in [9.17, 15) is 14.4 Å². The number of nitrogens with one attached hydrogen (secondary N) is 1. The number of benzene rings is 2. The number of carbonyl (C=O) groups is 3. The summed E-state index contributed by atoms with van der Waals surface area (Å²) < 4.78 is 5.26. The Balaban J connectivity index is 1.44. The van der Waals surface area contributed by atoms with Gasteiger partial charge in [0, 0.05) is 12.2 Å². The van der Waals surface area contributed by atoms with Crippen LogP contribution in [0.25, 0.3) is 11.1 Å². The Kier molecular flexibility index (Phi) is 5.20. The lowest BCUT2D eigenvalue weighted by atomic mass is 10.0. The number of ether oxygens (including phenoxy) is 1. The van der Waals surface area contributed by atoms with Crippen molar-refractivity contribution in [2.45, 2.75) is 31.7 Å². The molecule has 0 unspecified atom stereocenters. The molecule has 3 N–H and O–H groups in total. The van der Waals surface area contributed by atoms with E-state index < -0.39 is 17.4 Å². The summed E-state index contributed by atoms with van der Waals surface area (Å²) in [4.78, 5) is 38.9. The summed E-state index contributed by atoms with van der Waals surface area (Å²) in [5.74, 6) is -0.358. The minimum absolute atomic E-state index is 0.241. The molecular weight excluding hydrogens is 382 g/mol. The third kappa shape index (κ3) is 3.63. The minimum atomic E-state index is -1.10. The van der Waals surface area contributed by atoms with Gasteiger partial charge >= 0.3 is 0 Å². The number of hydrogen-bond acceptors (Lipinski definition) is 4. The first-order valence-corrected chi connectivity index (χ1v) is 10.1. The third-order valence-electron chi connectivity index (χ3n) is 6.00. The number of nitrogens with two attached hydrogens (primary N) is 1. The van der Waals surface area contributed by atoms with Crippen molar-refractivity contribution in [3.05, 3.63) is 48.5 Å². The highest BCUT2D eigenvalue weighted by atomic mass is 16.5. The molecule has 7 heteroatoms. The van der Waals surface area contributed by atoms with E-state index in [1.165, 1.54) is 4.90 Å². The highest BCUT2D eigenvalue weighted by Gasteiger charge is 2.58. The lowest BCUT2D eigenvalue weighted by Gasteiger charge is -2.27. The van der Waals surface area contributed by atoms with Crippen LogP contribution in [0.5, 0.6) is 5.75 Å². The van der Waals surface area contributed by atoms with Gasteiger partial charge in [-0.1, -0.05) is 24.3 Å². The molecule has 2 fully saturated rings. The normalized spacial score (nSPS) is 19.2. The molecule has 2 aliphatic rings. The molecule has 0 spiro atoms. The lowest BCUT2D eigenvalue weighted by Crippen LogP contribution is -2.49. The second kappa shape index (κ2) is 7.82. The fourth-order valence-electron chi connectivity index (χ4n) is 4.02. The molecule has 1 saturated heterocycles. The highest BCUT2D eigenvalue weighted by Crippen LogP contribution is 2.48. The average Bonchev–Trinajstić information content (AvgIpc) is 3.44. The molecule has 2 aromatic carbocycles. The van der Waals surface area contributed by atoms with Crippen LogP contribution in [0.1, 0.15) is 25.7 Å². The number of rotatable bonds is 6. The van der Waals surface area contributed by atoms with Crippen molar-refractivity contribution in [2.75, 3.05) is 19.0 Å². The molecule has 0 aromatic heterocycles. The first-order valence-electron chi connectivity index (χ1n) is 10.1. The summed E-state index contributed by atoms with van der Waals surface area (Å²) in [6.07, 6.45) is 2.25. The number of primary amides is 1. The van der Waals surface area contributed by atoms with Gasteiger partial charge in [-0.3, -0.25) is 14.4 Å². The SMILES string of the molecule is COc1cccc(-c2ccc(NC(=O)[C@H]3CCCN3C(=O)C3(C(N)=O)CC3)cc2)c1. The second-order valence-corrected chi connectivity index (χ2v) is 7.90. The maximum absolute atomic E-state index is 12.8. The number of anilines is 1. The molecule has 0 radical (unpaired) electrons. The van der Waals surface area contributed by atoms with E-state index in [2.05, 4.69) is 5.32 Å². The Morgan fingerprint density at radius 2 is 1.83 bits per heavy atom. The summed E-state index contributed by atoms with van der Waals surface area (Å²) >= 11 is 0. The topological polar surface area (TPSA) is 102 Å². The molecule has 1 heterocycles. The summed E-state index contributed by atoms with van der Waals surface area (Å²) in [6.45, 7) is 0.473. The van der Waals surface area contributed by atoms with Crippen LogP contribution in [-0.4, -0.2) is 42.3 Å². The maximum Gasteiger partial charge on any atom is 0.247 e. The molecule has 156 valence electrons. The molecule has 3 amide bonds. The Morgan fingerprint density at radius 1 is 1.10 bits per heavy atom. The van der Waals surface area contributed by atoms with Crippen molar-refractivity contribution in [1.29, 1.82) is 0 Å². The number of likely N-dealkylation sites (tertiary alicyclic amines) is 1. The van der Waals surface area contributed by atoms with E-state index in [0.29, 0.717) is 31.5 Å². The van der Waals surface area contributed by atoms with Crippen LogP contribution in [-0.2, 0) is 14.4 Å². The molecular formula is C23H25N3O4. The molecule has 1 aliphatic heterocycles. The van der Waals surface area contributed by atoms with Gasteiger partial charge in [0.15, 0.2) is 0 Å². The molecule has 4 rings (SSSR count). The van der Waals surface area contributed by atoms with Gasteiger partial charge in [0.25, 0.3) is 0 Å². The standard InChI is InChI=1S/C23H25N3O4/c1-30-18-5-2-4-16(14-18)15-7-9-17(10-8-15)25-20(27)19-6-3-13-26(19)22(29)23(11-12-23)21(24)28/h2,4-5,7-10,14,19H,3,6,11-13H2,1H3,(H2,24,28)(H,25,27)/t19-/m1/s1. The van der Waals surface area contributed by atoms with Crippen molar-refractivity contribution < 1.29 is 19.1 Å². The Morgan fingerprint density at radius 3 is 2.47 bits per heavy atom. The zero-order chi connectivity index (χ0) is 21.3. The fourth-order valence-corrected chi connectivity index (χ4v) is 4.02. The van der Waals surface area contributed by atoms with Crippen molar-refractivity contribution in [3.63, 3.8) is 0 Å². The molecule has 1 saturated carbocycles. The molecule has 0 bridgehead atoms. The average molecular weight is 407 g/mol. The van der Waals surface area contributed by atoms with E-state index in [-0.39, 0.29) is 11.8 Å². The summed E-state index contributed by atoms with van der Waals surface area (Å²) in [7, 11) is 1.63. The predicted molar refractivity (Wildman–Crippen MR) is 113 cm³/mol. The van der Waals surface area contributed by atoms with E-state index in [4.69, 9.17) is 10.5 Å². The van der Waals surface area contributed by atoms with Gasteiger partial charge in [-0.15, -0.1) is 0 Å². The maximum atomic E-state index is 12.8. The van der Waals surface area contributed by atoms with Crippen LogP contribution in [0.15, 0.2) is 48.5 Å². The predicted octanol–water partition coefficient (Wildman–Crippen LogP) is 2.56. The number of amides is 3. The summed E-state index contributed by atoms with van der Waals surface area (Å²) in [5.41, 5.74) is 7.01. The van der Waals surface area contributed by atoms with Gasteiger partial charge in [0.1, 0.15) is 17.2 Å². The van der Waals surface area contributed by atoms with Gasteiger partial charge in [0.2, 0.25) is 17.7 Å². The molecule has 2 aromatic rings. The van der Waals surface area contributed by atoms with E-state index in [0.717, 1.165) is 23.3 Å². The Hall–Kier alpha value is -3.35. The minimum Gasteiger partial charge on any atom is -0.497 e. The van der Waals surface area contributed by atoms with E-state index >= 15 is 0 Å². The molecule has 1 aliphatic carbocycles. The highest BCUT2D eigenvalue weighted by molar-refractivity contribution is 6.09. The number of carbonyl (C=O) groups excluding carboxylic acids is 3. The van der Waals surface area contributed by atoms with Gasteiger partial charge in [-0.25, -0.2) is 0 Å². The number of methoxy groups -OCH3 is 1. The molecule has 1 atom stereocenters. The number of nitrogens with zero attached hydrogens (tertiary/aromatic N) is 1. The Labute approximate surface area is 175 Å². The third-order valence-corrected chi connectivity index (χ3v) is 6.00. The largest absolute Gasteiger partial charge is 0.497 e. The van der Waals surface area contributed by atoms with Gasteiger partial charge in [-0.2, -0.15) is 0 Å². The van der Waals surface area contributed by atoms with Crippen LogP contribution in [0.3, 0.4) is 0 Å². The quantitative estimate of drug-likeness (QED) is 0.719.